The molecule has 0 bridgehead atoms. The Bertz CT molecular complexity index is 94.1. The summed E-state index contributed by atoms with van der Waals surface area (Å²) in [5.74, 6) is 0. The van der Waals surface area contributed by atoms with E-state index in [2.05, 4.69) is 0 Å². The molecule has 0 aliphatic rings. The van der Waals surface area contributed by atoms with Crippen LogP contribution in [0.2, 0.25) is 0 Å². The van der Waals surface area contributed by atoms with E-state index < -0.39 is 11.1 Å². The summed E-state index contributed by atoms with van der Waals surface area (Å²) in [5, 5.41) is 0. The van der Waals surface area contributed by atoms with Gasteiger partial charge < -0.3 is 0 Å². The molecular weight excluding hydrogens is 220 g/mol. The normalized spacial score (nSPS) is 8.29. The largest absolute Gasteiger partial charge is 1.00 e. The molecule has 0 fully saturated rings. The van der Waals surface area contributed by atoms with E-state index in [4.69, 9.17) is 12.2 Å². The number of hydrogen-bond acceptors (Lipinski definition) is 3. The smallest absolute Gasteiger partial charge is 1.00 e. The maximum absolute atomic E-state index is 9.09. The van der Waals surface area contributed by atoms with Crippen LogP contribution in [-0.4, -0.2) is 24.7 Å². The molecule has 0 spiro atoms. The molecule has 0 N–H and O–H groups in total. The first-order valence-electron chi connectivity index (χ1n) is 0.667. The first kappa shape index (κ1) is 16.0. The Balaban J connectivity index is -0.0000000800. The van der Waals surface area contributed by atoms with Crippen molar-refractivity contribution in [3.63, 3.8) is 0 Å². The fraction of sp³-hybridized carbons (Fsp3) is 0. The standard InChI is InChI=1S/2Li.H2O3Se2/c;;1-5(2,3)4/h;;(H2,1,2,3,4)/q2*+1;/p-2. The minimum Gasteiger partial charge on any atom is 1.00 e. The summed E-state index contributed by atoms with van der Waals surface area (Å²) in [6, 6.07) is 0. The molecule has 3 nitrogen and oxygen atoms in total. The Hall–Kier alpha value is 1.95. The van der Waals surface area contributed by atoms with Gasteiger partial charge in [0.1, 0.15) is 0 Å². The van der Waals surface area contributed by atoms with Gasteiger partial charge in [-0.1, -0.05) is 0 Å². The molecule has 0 unspecified atom stereocenters. The van der Waals surface area contributed by atoms with Crippen LogP contribution in [0.25, 0.3) is 0 Å². The van der Waals surface area contributed by atoms with Gasteiger partial charge in [0.05, 0.1) is 0 Å². The van der Waals surface area contributed by atoms with Gasteiger partial charge in [-0.2, -0.15) is 0 Å². The molecule has 0 aliphatic heterocycles. The first-order chi connectivity index (χ1) is 2.00. The van der Waals surface area contributed by atoms with Crippen molar-refractivity contribution in [2.75, 3.05) is 0 Å². The van der Waals surface area contributed by atoms with E-state index in [-0.39, 0.29) is 37.7 Å². The van der Waals surface area contributed by atoms with Crippen LogP contribution >= 0.6 is 0 Å². The van der Waals surface area contributed by atoms with Crippen molar-refractivity contribution in [2.24, 2.45) is 0 Å². The maximum atomic E-state index is 9.09. The summed E-state index contributed by atoms with van der Waals surface area (Å²) in [6.45, 7) is 0. The van der Waals surface area contributed by atoms with E-state index in [0.29, 0.717) is 0 Å². The molecule has 32 valence electrons. The fourth-order valence-corrected chi connectivity index (χ4v) is 0. The van der Waals surface area contributed by atoms with Crippen LogP contribution in [0.1, 0.15) is 0 Å². The van der Waals surface area contributed by atoms with Crippen LogP contribution in [0.3, 0.4) is 0 Å². The van der Waals surface area contributed by atoms with Gasteiger partial charge in [0.15, 0.2) is 0 Å². The minimum absolute atomic E-state index is 0. The van der Waals surface area contributed by atoms with E-state index in [9.17, 15) is 0 Å². The third kappa shape index (κ3) is 73.9. The van der Waals surface area contributed by atoms with Crippen molar-refractivity contribution >= 4 is 24.7 Å². The Kier molecular flexibility index (Phi) is 13.9. The zero-order valence-corrected chi connectivity index (χ0v) is 7.47. The zero-order chi connectivity index (χ0) is 4.50. The summed E-state index contributed by atoms with van der Waals surface area (Å²) in [7, 11) is 0. The molecule has 0 aromatic heterocycles. The average molecular weight is 220 g/mol. The maximum Gasteiger partial charge on any atom is 1.00 e. The monoisotopic (exact) mass is 222 g/mol. The predicted molar refractivity (Wildman–Crippen MR) is 12.2 cm³/mol. The van der Waals surface area contributed by atoms with Crippen molar-refractivity contribution in [3.8, 4) is 0 Å². The predicted octanol–water partition coefficient (Wildman–Crippen LogP) is -9.25. The fourth-order valence-electron chi connectivity index (χ4n) is 0. The van der Waals surface area contributed by atoms with Gasteiger partial charge in [-0.25, -0.2) is 0 Å². The Morgan fingerprint density at radius 2 is 1.29 bits per heavy atom. The number of rotatable bonds is 0. The van der Waals surface area contributed by atoms with Crippen LogP contribution in [-0.2, 0) is 3.83 Å². The first-order valence-corrected chi connectivity index (χ1v) is 7.10. The van der Waals surface area contributed by atoms with Crippen molar-refractivity contribution in [1.29, 1.82) is 0 Å². The van der Waals surface area contributed by atoms with Gasteiger partial charge in [-0.3, -0.25) is 0 Å². The van der Waals surface area contributed by atoms with Crippen molar-refractivity contribution < 1.29 is 49.9 Å². The molecular formula is Li2O3Se2. The summed E-state index contributed by atoms with van der Waals surface area (Å²) < 4.78 is 27.3. The van der Waals surface area contributed by atoms with E-state index in [1.165, 1.54) is 13.7 Å². The average Bonchev–Trinajstić information content (AvgIpc) is 0.722. The van der Waals surface area contributed by atoms with Gasteiger partial charge in [0, 0.05) is 0 Å². The van der Waals surface area contributed by atoms with Crippen molar-refractivity contribution in [2.45, 2.75) is 0 Å². The van der Waals surface area contributed by atoms with E-state index in [1.807, 2.05) is 0 Å². The Morgan fingerprint density at radius 1 is 1.29 bits per heavy atom. The minimum atomic E-state index is -4.62. The van der Waals surface area contributed by atoms with Crippen LogP contribution in [0.5, 0.6) is 0 Å². The molecule has 0 aliphatic carbocycles. The second-order valence-corrected chi connectivity index (χ2v) is 6.57. The summed E-state index contributed by atoms with van der Waals surface area (Å²) >= 11 is -3.16. The van der Waals surface area contributed by atoms with E-state index in [1.54, 1.807) is 0 Å². The van der Waals surface area contributed by atoms with Gasteiger partial charge >= 0.3 is 74.7 Å². The molecule has 0 atom stereocenters. The molecule has 0 aromatic carbocycles. The van der Waals surface area contributed by atoms with Crippen molar-refractivity contribution in [3.05, 3.63) is 0 Å². The second kappa shape index (κ2) is 6.08. The SMILES string of the molecule is O=[Se]([O-])([O-])=[Se].[Li+].[Li+]. The molecule has 0 amide bonds. The molecule has 7 heavy (non-hydrogen) atoms. The molecule has 0 heterocycles. The molecule has 0 aromatic rings. The molecule has 0 saturated carbocycles. The topological polar surface area (TPSA) is 63.2 Å². The second-order valence-electron chi connectivity index (χ2n) is 0.408. The third-order valence-electron chi connectivity index (χ3n) is 0. The van der Waals surface area contributed by atoms with Gasteiger partial charge in [-0.15, -0.1) is 0 Å². The van der Waals surface area contributed by atoms with Gasteiger partial charge in [-0.05, 0) is 0 Å². The van der Waals surface area contributed by atoms with E-state index >= 15 is 0 Å². The molecule has 0 radical (unpaired) electrons. The van der Waals surface area contributed by atoms with Crippen LogP contribution in [0, 0.1) is 0 Å². The van der Waals surface area contributed by atoms with Gasteiger partial charge in [0.2, 0.25) is 0 Å². The Morgan fingerprint density at radius 3 is 1.29 bits per heavy atom. The van der Waals surface area contributed by atoms with Gasteiger partial charge in [0.25, 0.3) is 0 Å². The molecule has 0 saturated heterocycles. The van der Waals surface area contributed by atoms with Crippen LogP contribution in [0.4, 0.5) is 0 Å². The molecule has 7 heteroatoms. The Labute approximate surface area is 74.0 Å². The summed E-state index contributed by atoms with van der Waals surface area (Å²) in [5.41, 5.74) is 0. The number of hydrogen-bond donors (Lipinski definition) is 0. The summed E-state index contributed by atoms with van der Waals surface area (Å²) in [6.07, 6.45) is 0. The van der Waals surface area contributed by atoms with E-state index in [0.717, 1.165) is 0 Å². The van der Waals surface area contributed by atoms with Crippen LogP contribution in [0.15, 0.2) is 0 Å². The zero-order valence-electron chi connectivity index (χ0n) is 4.04. The van der Waals surface area contributed by atoms with Crippen LogP contribution < -0.4 is 46.1 Å². The van der Waals surface area contributed by atoms with Crippen molar-refractivity contribution in [1.82, 2.24) is 0 Å². The molecule has 0 rings (SSSR count). The third-order valence-corrected chi connectivity index (χ3v) is 0. The summed E-state index contributed by atoms with van der Waals surface area (Å²) in [4.78, 5) is 0. The quantitative estimate of drug-likeness (QED) is 0.380.